The first-order valence-electron chi connectivity index (χ1n) is 7.02. The van der Waals surface area contributed by atoms with Gasteiger partial charge in [-0.15, -0.1) is 0 Å². The van der Waals surface area contributed by atoms with Crippen molar-refractivity contribution in [2.24, 2.45) is 0 Å². The first kappa shape index (κ1) is 15.7. The number of Topliss-reactive ketones (excluding diaryl/α,β-unsaturated/α-hetero) is 1. The van der Waals surface area contributed by atoms with Crippen LogP contribution in [0.2, 0.25) is 0 Å². The second-order valence-electron chi connectivity index (χ2n) is 5.32. The molecule has 0 saturated heterocycles. The van der Waals surface area contributed by atoms with E-state index < -0.39 is 4.92 Å². The van der Waals surface area contributed by atoms with Crippen LogP contribution in [0.4, 0.5) is 11.4 Å². The summed E-state index contributed by atoms with van der Waals surface area (Å²) in [4.78, 5) is 21.8. The molecule has 0 amide bonds. The largest absolute Gasteiger partial charge is 0.378 e. The normalized spacial score (nSPS) is 11.7. The summed E-state index contributed by atoms with van der Waals surface area (Å²) in [7, 11) is 0. The summed E-state index contributed by atoms with van der Waals surface area (Å²) < 4.78 is 0. The van der Waals surface area contributed by atoms with Gasteiger partial charge in [0.15, 0.2) is 0 Å². The maximum Gasteiger partial charge on any atom is 0.269 e. The van der Waals surface area contributed by atoms with Crippen molar-refractivity contribution < 1.29 is 9.72 Å². The lowest BCUT2D eigenvalue weighted by molar-refractivity contribution is -0.384. The maximum absolute atomic E-state index is 11.5. The van der Waals surface area contributed by atoms with Crippen molar-refractivity contribution in [2.45, 2.75) is 26.3 Å². The minimum atomic E-state index is -0.433. The molecule has 0 spiro atoms. The van der Waals surface area contributed by atoms with Gasteiger partial charge in [0.05, 0.1) is 11.0 Å². The van der Waals surface area contributed by atoms with Crippen LogP contribution >= 0.6 is 0 Å². The van der Waals surface area contributed by atoms with Crippen LogP contribution in [0.3, 0.4) is 0 Å². The predicted octanol–water partition coefficient (Wildman–Crippen LogP) is 4.04. The van der Waals surface area contributed by atoms with E-state index in [1.165, 1.54) is 19.1 Å². The van der Waals surface area contributed by atoms with E-state index >= 15 is 0 Å². The van der Waals surface area contributed by atoms with Gasteiger partial charge < -0.3 is 5.32 Å². The molecule has 114 valence electrons. The van der Waals surface area contributed by atoms with E-state index in [1.807, 2.05) is 31.2 Å². The molecule has 0 aliphatic heterocycles. The number of nitro benzene ring substituents is 1. The second kappa shape index (κ2) is 6.85. The molecule has 0 aliphatic rings. The monoisotopic (exact) mass is 298 g/mol. The summed E-state index contributed by atoms with van der Waals surface area (Å²) in [5.74, 6) is 0.0583. The van der Waals surface area contributed by atoms with Crippen LogP contribution in [0.1, 0.15) is 30.5 Å². The molecule has 5 nitrogen and oxygen atoms in total. The van der Waals surface area contributed by atoms with E-state index in [-0.39, 0.29) is 17.5 Å². The Hall–Kier alpha value is -2.69. The average molecular weight is 298 g/mol. The fraction of sp³-hybridized carbons (Fsp3) is 0.235. The van der Waals surface area contributed by atoms with Crippen LogP contribution in [0.25, 0.3) is 0 Å². The number of non-ortho nitro benzene ring substituents is 1. The lowest BCUT2D eigenvalue weighted by Crippen LogP contribution is -2.14. The van der Waals surface area contributed by atoms with Crippen LogP contribution in [0.5, 0.6) is 0 Å². The van der Waals surface area contributed by atoms with Crippen molar-refractivity contribution in [2.75, 3.05) is 5.32 Å². The van der Waals surface area contributed by atoms with Gasteiger partial charge >= 0.3 is 0 Å². The Morgan fingerprint density at radius 3 is 2.23 bits per heavy atom. The molecule has 0 heterocycles. The second-order valence-corrected chi connectivity index (χ2v) is 5.32. The molecule has 0 aliphatic carbocycles. The number of carbonyl (C=O) groups is 1. The van der Waals surface area contributed by atoms with E-state index in [0.717, 1.165) is 16.8 Å². The number of nitrogens with one attached hydrogen (secondary N) is 1. The molecular formula is C17H18N2O3. The summed E-state index contributed by atoms with van der Waals surface area (Å²) >= 11 is 0. The molecule has 0 bridgehead atoms. The lowest BCUT2D eigenvalue weighted by atomic mass is 10.0. The van der Waals surface area contributed by atoms with Gasteiger partial charge in [-0.3, -0.25) is 14.9 Å². The predicted molar refractivity (Wildman–Crippen MR) is 85.9 cm³/mol. The Bertz CT molecular complexity index is 663. The van der Waals surface area contributed by atoms with E-state index in [4.69, 9.17) is 0 Å². The molecule has 2 aromatic carbocycles. The number of hydrogen-bond donors (Lipinski definition) is 1. The van der Waals surface area contributed by atoms with Gasteiger partial charge in [-0.25, -0.2) is 0 Å². The number of hydrogen-bond acceptors (Lipinski definition) is 4. The third-order valence-electron chi connectivity index (χ3n) is 3.39. The van der Waals surface area contributed by atoms with E-state index in [1.54, 1.807) is 12.1 Å². The van der Waals surface area contributed by atoms with Gasteiger partial charge in [-0.05, 0) is 31.5 Å². The maximum atomic E-state index is 11.5. The molecule has 0 aromatic heterocycles. The lowest BCUT2D eigenvalue weighted by Gasteiger charge is -2.19. The van der Waals surface area contributed by atoms with Crippen LogP contribution in [-0.4, -0.2) is 10.7 Å². The molecule has 0 saturated carbocycles. The van der Waals surface area contributed by atoms with Crippen LogP contribution < -0.4 is 5.32 Å². The number of anilines is 1. The Morgan fingerprint density at radius 2 is 1.73 bits per heavy atom. The van der Waals surface area contributed by atoms with Crippen LogP contribution in [0, 0.1) is 17.0 Å². The van der Waals surface area contributed by atoms with Crippen molar-refractivity contribution in [3.63, 3.8) is 0 Å². The van der Waals surface area contributed by atoms with Gasteiger partial charge in [-0.2, -0.15) is 0 Å². The molecule has 0 fully saturated rings. The molecule has 22 heavy (non-hydrogen) atoms. The summed E-state index contributed by atoms with van der Waals surface area (Å²) in [6.07, 6.45) is 0.325. The van der Waals surface area contributed by atoms with E-state index in [9.17, 15) is 14.9 Å². The van der Waals surface area contributed by atoms with Gasteiger partial charge in [0.2, 0.25) is 0 Å². The number of nitrogens with zero attached hydrogens (tertiary/aromatic N) is 1. The molecular weight excluding hydrogens is 280 g/mol. The fourth-order valence-electron chi connectivity index (χ4n) is 2.22. The molecule has 2 rings (SSSR count). The molecule has 1 atom stereocenters. The molecule has 0 radical (unpaired) electrons. The van der Waals surface area contributed by atoms with Gasteiger partial charge in [0, 0.05) is 24.2 Å². The quantitative estimate of drug-likeness (QED) is 0.645. The Labute approximate surface area is 129 Å². The highest BCUT2D eigenvalue weighted by molar-refractivity contribution is 5.77. The van der Waals surface area contributed by atoms with Gasteiger partial charge in [-0.1, -0.05) is 29.8 Å². The fourth-order valence-corrected chi connectivity index (χ4v) is 2.22. The minimum absolute atomic E-state index is 0.0423. The van der Waals surface area contributed by atoms with Crippen molar-refractivity contribution in [3.8, 4) is 0 Å². The van der Waals surface area contributed by atoms with E-state index in [2.05, 4.69) is 5.32 Å². The first-order chi connectivity index (χ1) is 10.5. The van der Waals surface area contributed by atoms with Crippen molar-refractivity contribution in [1.29, 1.82) is 0 Å². The highest BCUT2D eigenvalue weighted by Crippen LogP contribution is 2.25. The zero-order valence-electron chi connectivity index (χ0n) is 12.6. The van der Waals surface area contributed by atoms with Gasteiger partial charge in [0.1, 0.15) is 5.78 Å². The van der Waals surface area contributed by atoms with Crippen molar-refractivity contribution >= 4 is 17.2 Å². The minimum Gasteiger partial charge on any atom is -0.378 e. The van der Waals surface area contributed by atoms with Crippen molar-refractivity contribution in [1.82, 2.24) is 0 Å². The summed E-state index contributed by atoms with van der Waals surface area (Å²) in [5.41, 5.74) is 2.96. The Balaban J connectivity index is 2.23. The molecule has 1 N–H and O–H groups in total. The number of rotatable bonds is 6. The summed E-state index contributed by atoms with van der Waals surface area (Å²) in [6.45, 7) is 3.54. The third-order valence-corrected chi connectivity index (χ3v) is 3.39. The molecule has 1 unspecified atom stereocenters. The van der Waals surface area contributed by atoms with Crippen LogP contribution in [0.15, 0.2) is 48.5 Å². The summed E-state index contributed by atoms with van der Waals surface area (Å²) in [5, 5.41) is 14.0. The SMILES string of the molecule is CC(=O)CC(Nc1ccc(C)cc1)c1ccc([N+](=O)[O-])cc1. The first-order valence-corrected chi connectivity index (χ1v) is 7.02. The molecule has 5 heteroatoms. The Kier molecular flexibility index (Phi) is 4.88. The number of ketones is 1. The third kappa shape index (κ3) is 4.15. The number of aryl methyl sites for hydroxylation is 1. The van der Waals surface area contributed by atoms with Crippen LogP contribution in [-0.2, 0) is 4.79 Å². The van der Waals surface area contributed by atoms with Gasteiger partial charge in [0.25, 0.3) is 5.69 Å². The zero-order valence-corrected chi connectivity index (χ0v) is 12.6. The average Bonchev–Trinajstić information content (AvgIpc) is 2.48. The topological polar surface area (TPSA) is 72.2 Å². The van der Waals surface area contributed by atoms with Crippen molar-refractivity contribution in [3.05, 3.63) is 69.8 Å². The zero-order chi connectivity index (χ0) is 16.1. The number of carbonyl (C=O) groups excluding carboxylic acids is 1. The number of benzene rings is 2. The highest BCUT2D eigenvalue weighted by Gasteiger charge is 2.15. The summed E-state index contributed by atoms with van der Waals surface area (Å²) in [6, 6.07) is 14.0. The molecule has 2 aromatic rings. The Morgan fingerprint density at radius 1 is 1.14 bits per heavy atom. The highest BCUT2D eigenvalue weighted by atomic mass is 16.6. The van der Waals surface area contributed by atoms with E-state index in [0.29, 0.717) is 6.42 Å². The number of nitro groups is 1. The smallest absolute Gasteiger partial charge is 0.269 e. The standard InChI is InChI=1S/C17H18N2O3/c1-12-3-7-15(8-4-12)18-17(11-13(2)20)14-5-9-16(10-6-14)19(21)22/h3-10,17-18H,11H2,1-2H3.